The molecule has 0 amide bonds. The SMILES string of the molecule is CCNCc1ccccc1-c1c(C)nn(C)c1C. The van der Waals surface area contributed by atoms with Gasteiger partial charge in [-0.3, -0.25) is 4.68 Å². The average Bonchev–Trinajstić information content (AvgIpc) is 2.61. The van der Waals surface area contributed by atoms with Crippen molar-refractivity contribution >= 4 is 0 Å². The van der Waals surface area contributed by atoms with Gasteiger partial charge in [-0.1, -0.05) is 31.2 Å². The molecule has 18 heavy (non-hydrogen) atoms. The van der Waals surface area contributed by atoms with Crippen molar-refractivity contribution < 1.29 is 0 Å². The number of hydrogen-bond acceptors (Lipinski definition) is 2. The fourth-order valence-electron chi connectivity index (χ4n) is 2.34. The maximum atomic E-state index is 4.50. The van der Waals surface area contributed by atoms with Crippen LogP contribution >= 0.6 is 0 Å². The summed E-state index contributed by atoms with van der Waals surface area (Å²) in [5, 5.41) is 7.90. The highest BCUT2D eigenvalue weighted by Crippen LogP contribution is 2.29. The Morgan fingerprint density at radius 1 is 1.22 bits per heavy atom. The van der Waals surface area contributed by atoms with E-state index in [9.17, 15) is 0 Å². The molecule has 0 saturated heterocycles. The van der Waals surface area contributed by atoms with Crippen LogP contribution in [0.3, 0.4) is 0 Å². The van der Waals surface area contributed by atoms with Crippen LogP contribution < -0.4 is 5.32 Å². The molecule has 0 atom stereocenters. The molecule has 0 unspecified atom stereocenters. The lowest BCUT2D eigenvalue weighted by atomic mass is 9.98. The summed E-state index contributed by atoms with van der Waals surface area (Å²) in [5.41, 5.74) is 6.21. The number of rotatable bonds is 4. The van der Waals surface area contributed by atoms with Crippen LogP contribution in [0.5, 0.6) is 0 Å². The second kappa shape index (κ2) is 5.36. The quantitative estimate of drug-likeness (QED) is 0.895. The molecule has 0 spiro atoms. The maximum absolute atomic E-state index is 4.50. The zero-order chi connectivity index (χ0) is 13.1. The van der Waals surface area contributed by atoms with Gasteiger partial charge in [0.2, 0.25) is 0 Å². The van der Waals surface area contributed by atoms with Crippen molar-refractivity contribution in [1.82, 2.24) is 15.1 Å². The molecule has 2 rings (SSSR count). The number of aryl methyl sites for hydroxylation is 2. The van der Waals surface area contributed by atoms with Crippen LogP contribution in [0.4, 0.5) is 0 Å². The van der Waals surface area contributed by atoms with Gasteiger partial charge >= 0.3 is 0 Å². The molecule has 0 radical (unpaired) electrons. The Morgan fingerprint density at radius 2 is 1.94 bits per heavy atom. The van der Waals surface area contributed by atoms with Gasteiger partial charge in [-0.25, -0.2) is 0 Å². The Kier molecular flexibility index (Phi) is 3.82. The predicted octanol–water partition coefficient (Wildman–Crippen LogP) is 2.81. The van der Waals surface area contributed by atoms with Gasteiger partial charge in [0.25, 0.3) is 0 Å². The van der Waals surface area contributed by atoms with E-state index in [4.69, 9.17) is 0 Å². The molecule has 1 heterocycles. The normalized spacial score (nSPS) is 10.9. The van der Waals surface area contributed by atoms with E-state index in [0.29, 0.717) is 0 Å². The summed E-state index contributed by atoms with van der Waals surface area (Å²) in [5.74, 6) is 0. The minimum Gasteiger partial charge on any atom is -0.313 e. The van der Waals surface area contributed by atoms with Crippen molar-refractivity contribution in [3.63, 3.8) is 0 Å². The number of hydrogen-bond donors (Lipinski definition) is 1. The minimum absolute atomic E-state index is 0.903. The van der Waals surface area contributed by atoms with Gasteiger partial charge in [-0.2, -0.15) is 5.10 Å². The zero-order valence-corrected chi connectivity index (χ0v) is 11.6. The monoisotopic (exact) mass is 243 g/mol. The van der Waals surface area contributed by atoms with E-state index in [1.54, 1.807) is 0 Å². The van der Waals surface area contributed by atoms with Gasteiger partial charge in [0, 0.05) is 24.8 Å². The lowest BCUT2D eigenvalue weighted by Crippen LogP contribution is -2.12. The standard InChI is InChI=1S/C15H21N3/c1-5-16-10-13-8-6-7-9-14(13)15-11(2)17-18(4)12(15)3/h6-9,16H,5,10H2,1-4H3. The van der Waals surface area contributed by atoms with E-state index < -0.39 is 0 Å². The third-order valence-electron chi connectivity index (χ3n) is 3.36. The van der Waals surface area contributed by atoms with Gasteiger partial charge < -0.3 is 5.32 Å². The van der Waals surface area contributed by atoms with E-state index in [-0.39, 0.29) is 0 Å². The van der Waals surface area contributed by atoms with Crippen LogP contribution in [0.1, 0.15) is 23.9 Å². The maximum Gasteiger partial charge on any atom is 0.0674 e. The van der Waals surface area contributed by atoms with Crippen molar-refractivity contribution in [2.24, 2.45) is 7.05 Å². The van der Waals surface area contributed by atoms with Crippen molar-refractivity contribution in [2.75, 3.05) is 6.54 Å². The molecule has 0 aliphatic heterocycles. The Bertz CT molecular complexity index is 541. The molecule has 0 aliphatic rings. The summed E-state index contributed by atoms with van der Waals surface area (Å²) in [4.78, 5) is 0. The van der Waals surface area contributed by atoms with Crippen LogP contribution in [0.2, 0.25) is 0 Å². The molecular weight excluding hydrogens is 222 g/mol. The van der Waals surface area contributed by atoms with Gasteiger partial charge in [0.05, 0.1) is 5.69 Å². The summed E-state index contributed by atoms with van der Waals surface area (Å²) in [7, 11) is 2.00. The van der Waals surface area contributed by atoms with Crippen molar-refractivity contribution in [3.05, 3.63) is 41.2 Å². The molecule has 0 fully saturated rings. The summed E-state index contributed by atoms with van der Waals surface area (Å²) < 4.78 is 1.95. The topological polar surface area (TPSA) is 29.9 Å². The van der Waals surface area contributed by atoms with E-state index in [1.165, 1.54) is 22.4 Å². The molecule has 96 valence electrons. The van der Waals surface area contributed by atoms with E-state index in [0.717, 1.165) is 18.8 Å². The Morgan fingerprint density at radius 3 is 2.56 bits per heavy atom. The highest BCUT2D eigenvalue weighted by atomic mass is 15.3. The van der Waals surface area contributed by atoms with E-state index >= 15 is 0 Å². The first kappa shape index (κ1) is 12.8. The molecule has 1 aromatic carbocycles. The Hall–Kier alpha value is -1.61. The van der Waals surface area contributed by atoms with E-state index in [1.807, 2.05) is 11.7 Å². The molecule has 1 aromatic heterocycles. The number of aromatic nitrogens is 2. The fourth-order valence-corrected chi connectivity index (χ4v) is 2.34. The first-order valence-corrected chi connectivity index (χ1v) is 6.44. The van der Waals surface area contributed by atoms with Crippen molar-refractivity contribution in [1.29, 1.82) is 0 Å². The predicted molar refractivity (Wildman–Crippen MR) is 75.5 cm³/mol. The lowest BCUT2D eigenvalue weighted by molar-refractivity contribution is 0.727. The smallest absolute Gasteiger partial charge is 0.0674 e. The molecular formula is C15H21N3. The minimum atomic E-state index is 0.903. The largest absolute Gasteiger partial charge is 0.313 e. The van der Waals surface area contributed by atoms with Crippen LogP contribution in [-0.4, -0.2) is 16.3 Å². The van der Waals surface area contributed by atoms with Crippen LogP contribution in [-0.2, 0) is 13.6 Å². The number of benzene rings is 1. The third kappa shape index (κ3) is 2.31. The lowest BCUT2D eigenvalue weighted by Gasteiger charge is -2.10. The molecule has 3 heteroatoms. The average molecular weight is 243 g/mol. The summed E-state index contributed by atoms with van der Waals surface area (Å²) in [6.45, 7) is 8.22. The second-order valence-electron chi connectivity index (χ2n) is 4.61. The Labute approximate surface area is 109 Å². The van der Waals surface area contributed by atoms with Gasteiger partial charge in [0.15, 0.2) is 0 Å². The molecule has 3 nitrogen and oxygen atoms in total. The molecule has 0 aliphatic carbocycles. The Balaban J connectivity index is 2.49. The van der Waals surface area contributed by atoms with Crippen molar-refractivity contribution in [3.8, 4) is 11.1 Å². The molecule has 1 N–H and O–H groups in total. The summed E-state index contributed by atoms with van der Waals surface area (Å²) in [6, 6.07) is 8.56. The summed E-state index contributed by atoms with van der Waals surface area (Å²) in [6.07, 6.45) is 0. The van der Waals surface area contributed by atoms with Gasteiger partial charge in [0.1, 0.15) is 0 Å². The van der Waals surface area contributed by atoms with Gasteiger partial charge in [-0.15, -0.1) is 0 Å². The molecule has 0 bridgehead atoms. The third-order valence-corrected chi connectivity index (χ3v) is 3.36. The van der Waals surface area contributed by atoms with Gasteiger partial charge in [-0.05, 0) is 31.5 Å². The molecule has 0 saturated carbocycles. The number of nitrogens with zero attached hydrogens (tertiary/aromatic N) is 2. The van der Waals surface area contributed by atoms with Crippen LogP contribution in [0.25, 0.3) is 11.1 Å². The zero-order valence-electron chi connectivity index (χ0n) is 11.6. The summed E-state index contributed by atoms with van der Waals surface area (Å²) >= 11 is 0. The highest BCUT2D eigenvalue weighted by molar-refractivity contribution is 5.71. The fraction of sp³-hybridized carbons (Fsp3) is 0.400. The first-order chi connectivity index (χ1) is 8.65. The number of nitrogens with one attached hydrogen (secondary N) is 1. The van der Waals surface area contributed by atoms with Crippen molar-refractivity contribution in [2.45, 2.75) is 27.3 Å². The first-order valence-electron chi connectivity index (χ1n) is 6.44. The molecule has 2 aromatic rings. The second-order valence-corrected chi connectivity index (χ2v) is 4.61. The van der Waals surface area contributed by atoms with Crippen LogP contribution in [0.15, 0.2) is 24.3 Å². The van der Waals surface area contributed by atoms with Crippen LogP contribution in [0, 0.1) is 13.8 Å². The van der Waals surface area contributed by atoms with E-state index in [2.05, 4.69) is 55.5 Å². The highest BCUT2D eigenvalue weighted by Gasteiger charge is 2.14.